The minimum absolute atomic E-state index is 0.323. The third-order valence-electron chi connectivity index (χ3n) is 5.44. The van der Waals surface area contributed by atoms with E-state index in [9.17, 15) is 8.42 Å². The van der Waals surface area contributed by atoms with Gasteiger partial charge in [-0.1, -0.05) is 24.6 Å². The molecule has 7 nitrogen and oxygen atoms in total. The Hall–Kier alpha value is -2.45. The minimum atomic E-state index is -3.54. The summed E-state index contributed by atoms with van der Waals surface area (Å²) in [5, 5.41) is 4.52. The van der Waals surface area contributed by atoms with Gasteiger partial charge in [-0.2, -0.15) is 9.40 Å². The number of hydrogen-bond acceptors (Lipinski definition) is 5. The molecule has 29 heavy (non-hydrogen) atoms. The Balaban J connectivity index is 1.65. The van der Waals surface area contributed by atoms with Crippen molar-refractivity contribution < 1.29 is 12.8 Å². The molecule has 1 saturated heterocycles. The molecular formula is C21H26N4O3S. The number of piperidine rings is 1. The van der Waals surface area contributed by atoms with Gasteiger partial charge in [0.15, 0.2) is 0 Å². The first-order valence-electron chi connectivity index (χ1n) is 9.94. The SMILES string of the molecule is Cc1nn(Cc2nc(-c3ccccc3)oc2C)c(C)c1S(=O)(=O)N1CCCCC1. The Labute approximate surface area is 171 Å². The molecule has 0 N–H and O–H groups in total. The summed E-state index contributed by atoms with van der Waals surface area (Å²) >= 11 is 0. The summed E-state index contributed by atoms with van der Waals surface area (Å²) in [4.78, 5) is 4.94. The van der Waals surface area contributed by atoms with E-state index in [1.54, 1.807) is 15.9 Å². The van der Waals surface area contributed by atoms with Crippen LogP contribution in [0, 0.1) is 20.8 Å². The van der Waals surface area contributed by atoms with Crippen LogP contribution in [0.15, 0.2) is 39.6 Å². The predicted octanol–water partition coefficient (Wildman–Crippen LogP) is 3.69. The van der Waals surface area contributed by atoms with Gasteiger partial charge in [-0.15, -0.1) is 0 Å². The lowest BCUT2D eigenvalue weighted by Gasteiger charge is -2.25. The van der Waals surface area contributed by atoms with Crippen molar-refractivity contribution in [1.29, 1.82) is 0 Å². The maximum atomic E-state index is 13.2. The first-order valence-corrected chi connectivity index (χ1v) is 11.4. The maximum Gasteiger partial charge on any atom is 0.246 e. The van der Waals surface area contributed by atoms with Crippen molar-refractivity contribution in [2.24, 2.45) is 0 Å². The fourth-order valence-electron chi connectivity index (χ4n) is 3.86. The van der Waals surface area contributed by atoms with Crippen LogP contribution in [0.2, 0.25) is 0 Å². The maximum absolute atomic E-state index is 13.2. The third-order valence-corrected chi connectivity index (χ3v) is 7.59. The van der Waals surface area contributed by atoms with Crippen molar-refractivity contribution in [2.45, 2.75) is 51.5 Å². The first kappa shape index (κ1) is 19.8. The van der Waals surface area contributed by atoms with Gasteiger partial charge in [0.25, 0.3) is 0 Å². The van der Waals surface area contributed by atoms with E-state index in [1.807, 2.05) is 44.2 Å². The van der Waals surface area contributed by atoms with Gasteiger partial charge in [-0.3, -0.25) is 4.68 Å². The molecule has 0 bridgehead atoms. The highest BCUT2D eigenvalue weighted by atomic mass is 32.2. The van der Waals surface area contributed by atoms with Gasteiger partial charge < -0.3 is 4.42 Å². The van der Waals surface area contributed by atoms with Crippen LogP contribution in [-0.2, 0) is 16.6 Å². The van der Waals surface area contributed by atoms with E-state index in [2.05, 4.69) is 10.1 Å². The lowest BCUT2D eigenvalue weighted by molar-refractivity contribution is 0.346. The molecule has 3 aromatic rings. The minimum Gasteiger partial charge on any atom is -0.441 e. The molecule has 0 radical (unpaired) electrons. The molecule has 0 saturated carbocycles. The Morgan fingerprint density at radius 2 is 1.72 bits per heavy atom. The smallest absolute Gasteiger partial charge is 0.246 e. The molecule has 0 spiro atoms. The van der Waals surface area contributed by atoms with Crippen LogP contribution in [0.3, 0.4) is 0 Å². The van der Waals surface area contributed by atoms with Crippen molar-refractivity contribution in [3.05, 3.63) is 53.2 Å². The summed E-state index contributed by atoms with van der Waals surface area (Å²) in [6.45, 7) is 6.95. The lowest BCUT2D eigenvalue weighted by atomic mass is 10.2. The van der Waals surface area contributed by atoms with Crippen molar-refractivity contribution in [2.75, 3.05) is 13.1 Å². The highest BCUT2D eigenvalue weighted by Gasteiger charge is 2.32. The molecule has 2 aromatic heterocycles. The van der Waals surface area contributed by atoms with Crippen molar-refractivity contribution in [1.82, 2.24) is 19.1 Å². The molecular weight excluding hydrogens is 388 g/mol. The number of rotatable bonds is 5. The topological polar surface area (TPSA) is 81.2 Å². The molecule has 4 rings (SSSR count). The monoisotopic (exact) mass is 414 g/mol. The Morgan fingerprint density at radius 3 is 2.41 bits per heavy atom. The van der Waals surface area contributed by atoms with Crippen molar-refractivity contribution in [3.63, 3.8) is 0 Å². The van der Waals surface area contributed by atoms with Crippen LogP contribution in [0.1, 0.15) is 42.1 Å². The van der Waals surface area contributed by atoms with Gasteiger partial charge in [0.2, 0.25) is 15.9 Å². The van der Waals surface area contributed by atoms with Crippen LogP contribution in [0.5, 0.6) is 0 Å². The molecule has 154 valence electrons. The molecule has 0 aliphatic carbocycles. The number of aryl methyl sites for hydroxylation is 2. The summed E-state index contributed by atoms with van der Waals surface area (Å²) in [5.41, 5.74) is 2.81. The van der Waals surface area contributed by atoms with Crippen LogP contribution in [0.25, 0.3) is 11.5 Å². The molecule has 0 unspecified atom stereocenters. The van der Waals surface area contributed by atoms with E-state index in [0.29, 0.717) is 47.6 Å². The second-order valence-electron chi connectivity index (χ2n) is 7.51. The molecule has 1 aliphatic rings. The highest BCUT2D eigenvalue weighted by molar-refractivity contribution is 7.89. The largest absolute Gasteiger partial charge is 0.441 e. The van der Waals surface area contributed by atoms with E-state index >= 15 is 0 Å². The fraction of sp³-hybridized carbons (Fsp3) is 0.429. The number of aromatic nitrogens is 3. The van der Waals surface area contributed by atoms with E-state index in [1.165, 1.54) is 0 Å². The Kier molecular flexibility index (Phi) is 5.31. The van der Waals surface area contributed by atoms with Crippen LogP contribution >= 0.6 is 0 Å². The molecule has 1 aliphatic heterocycles. The zero-order valence-corrected chi connectivity index (χ0v) is 17.9. The number of benzene rings is 1. The summed E-state index contributed by atoms with van der Waals surface area (Å²) in [6, 6.07) is 9.71. The van der Waals surface area contributed by atoms with Gasteiger partial charge in [0.05, 0.1) is 17.9 Å². The molecule has 0 atom stereocenters. The first-order chi connectivity index (χ1) is 13.9. The second kappa shape index (κ2) is 7.76. The van der Waals surface area contributed by atoms with Gasteiger partial charge in [-0.05, 0) is 45.7 Å². The zero-order chi connectivity index (χ0) is 20.6. The number of sulfonamides is 1. The van der Waals surface area contributed by atoms with E-state index in [4.69, 9.17) is 4.42 Å². The third kappa shape index (κ3) is 3.74. The summed E-state index contributed by atoms with van der Waals surface area (Å²) in [7, 11) is -3.54. The van der Waals surface area contributed by atoms with Crippen molar-refractivity contribution >= 4 is 10.0 Å². The summed E-state index contributed by atoms with van der Waals surface area (Å²) < 4.78 is 35.5. The van der Waals surface area contributed by atoms with E-state index in [0.717, 1.165) is 30.5 Å². The Morgan fingerprint density at radius 1 is 1.03 bits per heavy atom. The molecule has 3 heterocycles. The quantitative estimate of drug-likeness (QED) is 0.636. The van der Waals surface area contributed by atoms with Crippen LogP contribution in [-0.4, -0.2) is 40.6 Å². The van der Waals surface area contributed by atoms with Gasteiger partial charge in [-0.25, -0.2) is 13.4 Å². The molecule has 0 amide bonds. The summed E-state index contributed by atoms with van der Waals surface area (Å²) in [6.07, 6.45) is 2.90. The number of oxazole rings is 1. The molecule has 8 heteroatoms. The van der Waals surface area contributed by atoms with Crippen LogP contribution < -0.4 is 0 Å². The van der Waals surface area contributed by atoms with Gasteiger partial charge in [0.1, 0.15) is 16.3 Å². The number of hydrogen-bond donors (Lipinski definition) is 0. The second-order valence-corrected chi connectivity index (χ2v) is 9.39. The molecule has 1 fully saturated rings. The average molecular weight is 415 g/mol. The highest BCUT2D eigenvalue weighted by Crippen LogP contribution is 2.27. The Bertz CT molecular complexity index is 1110. The van der Waals surface area contributed by atoms with E-state index < -0.39 is 10.0 Å². The summed E-state index contributed by atoms with van der Waals surface area (Å²) in [5.74, 6) is 1.26. The fourth-order valence-corrected chi connectivity index (χ4v) is 5.75. The van der Waals surface area contributed by atoms with Crippen molar-refractivity contribution in [3.8, 4) is 11.5 Å². The standard InChI is InChI=1S/C21H26N4O3S/c1-15-20(29(26,27)24-12-8-5-9-13-24)16(2)25(23-15)14-19-17(3)28-21(22-19)18-10-6-4-7-11-18/h4,6-7,10-11H,5,8-9,12-14H2,1-3H3. The lowest BCUT2D eigenvalue weighted by Crippen LogP contribution is -2.36. The van der Waals surface area contributed by atoms with Gasteiger partial charge >= 0.3 is 0 Å². The molecule has 1 aromatic carbocycles. The average Bonchev–Trinajstić information content (AvgIpc) is 3.22. The van der Waals surface area contributed by atoms with E-state index in [-0.39, 0.29) is 0 Å². The normalized spacial score (nSPS) is 15.7. The zero-order valence-electron chi connectivity index (χ0n) is 17.1. The van der Waals surface area contributed by atoms with Crippen LogP contribution in [0.4, 0.5) is 0 Å². The van der Waals surface area contributed by atoms with Gasteiger partial charge in [0, 0.05) is 18.7 Å². The predicted molar refractivity (Wildman–Crippen MR) is 110 cm³/mol. The number of nitrogens with zero attached hydrogens (tertiary/aromatic N) is 4.